The van der Waals surface area contributed by atoms with Crippen molar-refractivity contribution >= 4 is 23.9 Å². The van der Waals surface area contributed by atoms with Crippen LogP contribution in [0, 0.1) is 10.8 Å². The maximum absolute atomic E-state index is 11.5. The van der Waals surface area contributed by atoms with E-state index in [0.29, 0.717) is 25.7 Å². The molecular formula is C14H18O7. The van der Waals surface area contributed by atoms with E-state index in [1.54, 1.807) is 0 Å². The van der Waals surface area contributed by atoms with Crippen molar-refractivity contribution in [3.05, 3.63) is 0 Å². The van der Waals surface area contributed by atoms with Crippen LogP contribution in [0.5, 0.6) is 0 Å². The van der Waals surface area contributed by atoms with Gasteiger partial charge in [-0.3, -0.25) is 19.2 Å². The van der Waals surface area contributed by atoms with Crippen LogP contribution in [0.2, 0.25) is 0 Å². The fraction of sp³-hybridized carbons (Fsp3) is 0.714. The maximum atomic E-state index is 11.5. The van der Waals surface area contributed by atoms with Gasteiger partial charge in [0.05, 0.1) is 10.8 Å². The Bertz CT molecular complexity index is 442. The highest BCUT2D eigenvalue weighted by molar-refractivity contribution is 5.87. The Morgan fingerprint density at radius 3 is 1.33 bits per heavy atom. The number of rotatable bonds is 8. The molecule has 116 valence electrons. The van der Waals surface area contributed by atoms with Crippen LogP contribution in [0.15, 0.2) is 0 Å². The number of carbonyl (C=O) groups excluding carboxylic acids is 2. The van der Waals surface area contributed by atoms with Crippen LogP contribution in [-0.4, -0.2) is 34.1 Å². The van der Waals surface area contributed by atoms with E-state index in [1.165, 1.54) is 0 Å². The third-order valence-electron chi connectivity index (χ3n) is 4.46. The highest BCUT2D eigenvalue weighted by Gasteiger charge is 2.51. The van der Waals surface area contributed by atoms with Gasteiger partial charge in [-0.15, -0.1) is 0 Å². The molecule has 0 bridgehead atoms. The summed E-state index contributed by atoms with van der Waals surface area (Å²) in [5.74, 6) is -3.32. The van der Waals surface area contributed by atoms with E-state index in [9.17, 15) is 19.2 Å². The van der Waals surface area contributed by atoms with Crippen molar-refractivity contribution in [1.29, 1.82) is 0 Å². The van der Waals surface area contributed by atoms with Crippen molar-refractivity contribution in [2.24, 2.45) is 10.8 Å². The third kappa shape index (κ3) is 3.59. The molecule has 0 aromatic carbocycles. The zero-order valence-electron chi connectivity index (χ0n) is 11.6. The van der Waals surface area contributed by atoms with Crippen molar-refractivity contribution in [2.75, 3.05) is 0 Å². The number of carboxylic acids is 2. The molecule has 2 aliphatic carbocycles. The number of esters is 2. The first-order valence-electron chi connectivity index (χ1n) is 7.00. The van der Waals surface area contributed by atoms with Crippen LogP contribution < -0.4 is 0 Å². The summed E-state index contributed by atoms with van der Waals surface area (Å²) >= 11 is 0. The number of hydrogen-bond donors (Lipinski definition) is 2. The predicted molar refractivity (Wildman–Crippen MR) is 68.2 cm³/mol. The van der Waals surface area contributed by atoms with Gasteiger partial charge in [-0.25, -0.2) is 0 Å². The Morgan fingerprint density at radius 1 is 0.762 bits per heavy atom. The van der Waals surface area contributed by atoms with Gasteiger partial charge in [0.2, 0.25) is 0 Å². The Labute approximate surface area is 121 Å². The molecule has 0 radical (unpaired) electrons. The summed E-state index contributed by atoms with van der Waals surface area (Å²) in [4.78, 5) is 44.8. The first kappa shape index (κ1) is 15.5. The second-order valence-corrected chi connectivity index (χ2v) is 6.02. The van der Waals surface area contributed by atoms with Gasteiger partial charge in [-0.1, -0.05) is 0 Å². The van der Waals surface area contributed by atoms with Gasteiger partial charge in [-0.2, -0.15) is 0 Å². The summed E-state index contributed by atoms with van der Waals surface area (Å²) in [6, 6.07) is 0. The van der Waals surface area contributed by atoms with Crippen molar-refractivity contribution in [2.45, 2.75) is 51.4 Å². The molecule has 7 nitrogen and oxygen atoms in total. The summed E-state index contributed by atoms with van der Waals surface area (Å²) in [5.41, 5.74) is -1.63. The molecule has 0 aromatic rings. The number of hydrogen-bond acceptors (Lipinski definition) is 5. The molecule has 7 heteroatoms. The topological polar surface area (TPSA) is 118 Å². The molecule has 0 heterocycles. The first-order chi connectivity index (χ1) is 9.80. The van der Waals surface area contributed by atoms with E-state index in [4.69, 9.17) is 10.2 Å². The minimum Gasteiger partial charge on any atom is -0.481 e. The lowest BCUT2D eigenvalue weighted by molar-refractivity contribution is -0.160. The van der Waals surface area contributed by atoms with Crippen LogP contribution in [0.1, 0.15) is 51.4 Å². The van der Waals surface area contributed by atoms with Gasteiger partial charge in [0.1, 0.15) is 0 Å². The molecule has 2 saturated carbocycles. The Kier molecular flexibility index (Phi) is 4.02. The van der Waals surface area contributed by atoms with Crippen molar-refractivity contribution in [3.63, 3.8) is 0 Å². The standard InChI is InChI=1S/C14H18O7/c15-9(1-3-13(5-6-13)11(17)18)21-10(16)2-4-14(7-8-14)12(19)20/h1-8H2,(H,17,18)(H,19,20). The van der Waals surface area contributed by atoms with Gasteiger partial charge >= 0.3 is 23.9 Å². The molecule has 2 aliphatic rings. The minimum absolute atomic E-state index is 0.109. The van der Waals surface area contributed by atoms with Crippen molar-refractivity contribution < 1.29 is 34.1 Å². The molecule has 0 saturated heterocycles. The van der Waals surface area contributed by atoms with Crippen molar-refractivity contribution in [1.82, 2.24) is 0 Å². The van der Waals surface area contributed by atoms with E-state index < -0.39 is 34.7 Å². The van der Waals surface area contributed by atoms with E-state index in [2.05, 4.69) is 4.74 Å². The zero-order valence-corrected chi connectivity index (χ0v) is 11.6. The van der Waals surface area contributed by atoms with Gasteiger partial charge in [0.25, 0.3) is 0 Å². The number of carboxylic acid groups (broad SMARTS) is 2. The van der Waals surface area contributed by atoms with E-state index in [-0.39, 0.29) is 25.7 Å². The summed E-state index contributed by atoms with van der Waals surface area (Å²) in [6.45, 7) is 0. The molecule has 0 unspecified atom stereocenters. The minimum atomic E-state index is -0.918. The highest BCUT2D eigenvalue weighted by Crippen LogP contribution is 2.50. The van der Waals surface area contributed by atoms with Gasteiger partial charge in [0, 0.05) is 12.8 Å². The Balaban J connectivity index is 1.67. The van der Waals surface area contributed by atoms with Crippen LogP contribution in [0.3, 0.4) is 0 Å². The molecule has 21 heavy (non-hydrogen) atoms. The molecule has 0 amide bonds. The first-order valence-corrected chi connectivity index (χ1v) is 7.00. The Hall–Kier alpha value is -1.92. The third-order valence-corrected chi connectivity index (χ3v) is 4.46. The monoisotopic (exact) mass is 298 g/mol. The number of carbonyl (C=O) groups is 4. The van der Waals surface area contributed by atoms with Gasteiger partial charge in [0.15, 0.2) is 0 Å². The highest BCUT2D eigenvalue weighted by atomic mass is 16.6. The molecule has 2 rings (SSSR count). The Morgan fingerprint density at radius 2 is 1.10 bits per heavy atom. The molecule has 0 aliphatic heterocycles. The fourth-order valence-electron chi connectivity index (χ4n) is 2.36. The SMILES string of the molecule is O=C(CCC1(C(=O)O)CC1)OC(=O)CCC1(C(=O)O)CC1. The number of ether oxygens (including phenoxy) is 1. The predicted octanol–water partition coefficient (Wildman–Crippen LogP) is 1.35. The molecule has 0 aromatic heterocycles. The molecule has 2 fully saturated rings. The van der Waals surface area contributed by atoms with Crippen molar-refractivity contribution in [3.8, 4) is 0 Å². The second-order valence-electron chi connectivity index (χ2n) is 6.02. The van der Waals surface area contributed by atoms with Crippen LogP contribution in [0.25, 0.3) is 0 Å². The number of aliphatic carboxylic acids is 2. The van der Waals surface area contributed by atoms with Gasteiger partial charge < -0.3 is 14.9 Å². The molecular weight excluding hydrogens is 280 g/mol. The van der Waals surface area contributed by atoms with E-state index >= 15 is 0 Å². The summed E-state index contributed by atoms with van der Waals surface area (Å²) in [5, 5.41) is 17.9. The maximum Gasteiger partial charge on any atom is 0.313 e. The summed E-state index contributed by atoms with van der Waals surface area (Å²) < 4.78 is 4.59. The lowest BCUT2D eigenvalue weighted by Crippen LogP contribution is -2.20. The molecule has 2 N–H and O–H groups in total. The zero-order chi connectivity index (χ0) is 15.7. The fourth-order valence-corrected chi connectivity index (χ4v) is 2.36. The average molecular weight is 298 g/mol. The lowest BCUT2D eigenvalue weighted by Gasteiger charge is -2.10. The largest absolute Gasteiger partial charge is 0.481 e. The summed E-state index contributed by atoms with van der Waals surface area (Å²) in [6.07, 6.45) is 2.32. The van der Waals surface area contributed by atoms with E-state index in [1.807, 2.05) is 0 Å². The second kappa shape index (κ2) is 5.46. The van der Waals surface area contributed by atoms with E-state index in [0.717, 1.165) is 0 Å². The van der Waals surface area contributed by atoms with Crippen LogP contribution in [-0.2, 0) is 23.9 Å². The quantitative estimate of drug-likeness (QED) is 0.513. The van der Waals surface area contributed by atoms with Crippen LogP contribution in [0.4, 0.5) is 0 Å². The van der Waals surface area contributed by atoms with Gasteiger partial charge in [-0.05, 0) is 38.5 Å². The lowest BCUT2D eigenvalue weighted by atomic mass is 10.0. The average Bonchev–Trinajstić information content (AvgIpc) is 3.28. The van der Waals surface area contributed by atoms with Crippen LogP contribution >= 0.6 is 0 Å². The molecule has 0 spiro atoms. The molecule has 0 atom stereocenters. The summed E-state index contributed by atoms with van der Waals surface area (Å²) in [7, 11) is 0. The smallest absolute Gasteiger partial charge is 0.313 e. The normalized spacial score (nSPS) is 20.4.